The Morgan fingerprint density at radius 1 is 1.04 bits per heavy atom. The van der Waals surface area contributed by atoms with Crippen LogP contribution in [0.25, 0.3) is 17.4 Å². The largest absolute Gasteiger partial charge is 0.457 e. The van der Waals surface area contributed by atoms with Gasteiger partial charge in [-0.2, -0.15) is 0 Å². The fraction of sp³-hybridized carbons (Fsp3) is 0.0476. The molecule has 0 spiro atoms. The molecule has 4 nitrogen and oxygen atoms in total. The minimum absolute atomic E-state index is 0.141. The molecule has 1 fully saturated rings. The molecule has 5 heteroatoms. The van der Waals surface area contributed by atoms with E-state index in [4.69, 9.17) is 4.42 Å². The van der Waals surface area contributed by atoms with Gasteiger partial charge in [-0.3, -0.25) is 4.79 Å². The third kappa shape index (κ3) is 3.63. The second-order valence-electron chi connectivity index (χ2n) is 5.89. The van der Waals surface area contributed by atoms with Gasteiger partial charge in [0.25, 0.3) is 5.24 Å². The Morgan fingerprint density at radius 2 is 1.88 bits per heavy atom. The number of thioether (sulfide) groups is 1. The fourth-order valence-corrected chi connectivity index (χ4v) is 3.37. The Labute approximate surface area is 155 Å². The molecular formula is C21H16N2O2S. The smallest absolute Gasteiger partial charge is 0.289 e. The number of hydrogen-bond donors (Lipinski definition) is 1. The van der Waals surface area contributed by atoms with Gasteiger partial charge < -0.3 is 9.73 Å². The van der Waals surface area contributed by atoms with Gasteiger partial charge in [0.05, 0.1) is 10.6 Å². The van der Waals surface area contributed by atoms with Gasteiger partial charge in [-0.05, 0) is 54.6 Å². The average molecular weight is 360 g/mol. The first-order chi connectivity index (χ1) is 12.7. The summed E-state index contributed by atoms with van der Waals surface area (Å²) in [5, 5.41) is 2.65. The first-order valence-electron chi connectivity index (χ1n) is 8.19. The monoisotopic (exact) mass is 360 g/mol. The third-order valence-electron chi connectivity index (χ3n) is 3.86. The minimum atomic E-state index is -0.141. The normalized spacial score (nSPS) is 17.0. The van der Waals surface area contributed by atoms with Crippen LogP contribution in [0, 0.1) is 6.92 Å². The quantitative estimate of drug-likeness (QED) is 0.644. The van der Waals surface area contributed by atoms with Crippen molar-refractivity contribution in [2.75, 3.05) is 0 Å². The Kier molecular flexibility index (Phi) is 4.46. The van der Waals surface area contributed by atoms with Crippen LogP contribution in [0.3, 0.4) is 0 Å². The molecule has 0 radical (unpaired) electrons. The zero-order valence-corrected chi connectivity index (χ0v) is 14.9. The molecule has 0 atom stereocenters. The summed E-state index contributed by atoms with van der Waals surface area (Å²) in [6.07, 6.45) is 1.84. The van der Waals surface area contributed by atoms with Gasteiger partial charge in [-0.1, -0.05) is 42.5 Å². The van der Waals surface area contributed by atoms with Crippen molar-refractivity contribution in [2.45, 2.75) is 6.92 Å². The van der Waals surface area contributed by atoms with Gasteiger partial charge in [-0.15, -0.1) is 0 Å². The number of benzene rings is 2. The molecule has 0 saturated carbocycles. The van der Waals surface area contributed by atoms with E-state index < -0.39 is 0 Å². The van der Waals surface area contributed by atoms with Crippen LogP contribution in [-0.2, 0) is 0 Å². The number of nitrogens with zero attached hydrogens (tertiary/aromatic N) is 1. The maximum Gasteiger partial charge on any atom is 0.289 e. The van der Waals surface area contributed by atoms with E-state index in [1.807, 2.05) is 79.7 Å². The summed E-state index contributed by atoms with van der Waals surface area (Å²) in [5.74, 6) is 2.01. The van der Waals surface area contributed by atoms with Crippen LogP contribution < -0.4 is 5.32 Å². The summed E-state index contributed by atoms with van der Waals surface area (Å²) >= 11 is 1.12. The van der Waals surface area contributed by atoms with Crippen LogP contribution in [0.5, 0.6) is 0 Å². The predicted octanol–water partition coefficient (Wildman–Crippen LogP) is 5.78. The molecule has 26 heavy (non-hydrogen) atoms. The van der Waals surface area contributed by atoms with E-state index in [-0.39, 0.29) is 5.24 Å². The summed E-state index contributed by atoms with van der Waals surface area (Å²) < 4.78 is 5.90. The highest BCUT2D eigenvalue weighted by Gasteiger charge is 2.24. The number of carbonyl (C=O) groups is 1. The molecule has 4 rings (SSSR count). The summed E-state index contributed by atoms with van der Waals surface area (Å²) in [7, 11) is 0. The number of carbonyl (C=O) groups excluding carboxylic acids is 1. The van der Waals surface area contributed by atoms with Gasteiger partial charge in [-0.25, -0.2) is 4.99 Å². The third-order valence-corrected chi connectivity index (χ3v) is 4.68. The molecule has 3 aromatic rings. The number of hydrogen-bond acceptors (Lipinski definition) is 4. The summed E-state index contributed by atoms with van der Waals surface area (Å²) in [6.45, 7) is 2.01. The molecule has 0 bridgehead atoms. The molecular weight excluding hydrogens is 344 g/mol. The Hall–Kier alpha value is -3.05. The van der Waals surface area contributed by atoms with Crippen molar-refractivity contribution in [3.8, 4) is 11.3 Å². The Balaban J connectivity index is 1.65. The highest BCUT2D eigenvalue weighted by Crippen LogP contribution is 2.30. The lowest BCUT2D eigenvalue weighted by Gasteiger charge is -2.00. The van der Waals surface area contributed by atoms with E-state index in [2.05, 4.69) is 10.3 Å². The van der Waals surface area contributed by atoms with Crippen LogP contribution in [-0.4, -0.2) is 11.1 Å². The van der Waals surface area contributed by atoms with Gasteiger partial charge in [0, 0.05) is 5.56 Å². The number of aryl methyl sites for hydroxylation is 1. The van der Waals surface area contributed by atoms with Crippen molar-refractivity contribution < 1.29 is 9.21 Å². The summed E-state index contributed by atoms with van der Waals surface area (Å²) in [4.78, 5) is 17.1. The molecule has 2 aromatic carbocycles. The van der Waals surface area contributed by atoms with Gasteiger partial charge in [0.15, 0.2) is 0 Å². The lowest BCUT2D eigenvalue weighted by Crippen LogP contribution is -2.18. The van der Waals surface area contributed by atoms with Gasteiger partial charge >= 0.3 is 0 Å². The number of amidine groups is 1. The van der Waals surface area contributed by atoms with Crippen LogP contribution in [0.1, 0.15) is 11.3 Å². The van der Waals surface area contributed by atoms with Crippen molar-refractivity contribution in [3.05, 3.63) is 83.0 Å². The predicted molar refractivity (Wildman–Crippen MR) is 107 cm³/mol. The number of rotatable bonds is 3. The highest BCUT2D eigenvalue weighted by molar-refractivity contribution is 8.18. The SMILES string of the molecule is Cc1cccc(N=C2NC(=O)S/C2=C\c2ccc(-c3ccccc3)o2)c1. The minimum Gasteiger partial charge on any atom is -0.457 e. The molecule has 1 N–H and O–H groups in total. The zero-order chi connectivity index (χ0) is 17.9. The standard InChI is InChI=1S/C21H16N2O2S/c1-14-6-5-9-16(12-14)22-20-19(26-21(24)23-20)13-17-10-11-18(25-17)15-7-3-2-4-8-15/h2-13H,1H3,(H,22,23,24)/b19-13-. The van der Waals surface area contributed by atoms with Crippen molar-refractivity contribution in [2.24, 2.45) is 4.99 Å². The van der Waals surface area contributed by atoms with E-state index in [1.165, 1.54) is 0 Å². The lowest BCUT2D eigenvalue weighted by atomic mass is 10.2. The molecule has 1 amide bonds. The summed E-state index contributed by atoms with van der Waals surface area (Å²) in [6, 6.07) is 21.6. The first kappa shape index (κ1) is 16.4. The average Bonchev–Trinajstić information content (AvgIpc) is 3.23. The van der Waals surface area contributed by atoms with Crippen LogP contribution in [0.4, 0.5) is 10.5 Å². The van der Waals surface area contributed by atoms with E-state index in [1.54, 1.807) is 0 Å². The lowest BCUT2D eigenvalue weighted by molar-refractivity contribution is 0.265. The first-order valence-corrected chi connectivity index (χ1v) is 9.00. The number of amides is 1. The topological polar surface area (TPSA) is 54.6 Å². The highest BCUT2D eigenvalue weighted by atomic mass is 32.2. The number of furan rings is 1. The molecule has 1 saturated heterocycles. The number of nitrogens with one attached hydrogen (secondary N) is 1. The number of aliphatic imine (C=N–C) groups is 1. The van der Waals surface area contributed by atoms with Crippen molar-refractivity contribution >= 4 is 34.6 Å². The van der Waals surface area contributed by atoms with Crippen LogP contribution >= 0.6 is 11.8 Å². The molecule has 1 aromatic heterocycles. The van der Waals surface area contributed by atoms with E-state index >= 15 is 0 Å². The molecule has 2 heterocycles. The van der Waals surface area contributed by atoms with E-state index in [0.29, 0.717) is 11.6 Å². The molecule has 128 valence electrons. The molecule has 0 unspecified atom stereocenters. The van der Waals surface area contributed by atoms with Gasteiger partial charge in [0.1, 0.15) is 17.4 Å². The fourth-order valence-electron chi connectivity index (χ4n) is 2.66. The maximum absolute atomic E-state index is 11.8. The van der Waals surface area contributed by atoms with Crippen molar-refractivity contribution in [3.63, 3.8) is 0 Å². The Bertz CT molecular complexity index is 1020. The molecule has 0 aliphatic carbocycles. The maximum atomic E-state index is 11.8. The van der Waals surface area contributed by atoms with Crippen LogP contribution in [0.15, 0.2) is 81.0 Å². The zero-order valence-electron chi connectivity index (χ0n) is 14.1. The second-order valence-corrected chi connectivity index (χ2v) is 6.91. The van der Waals surface area contributed by atoms with E-state index in [9.17, 15) is 4.79 Å². The van der Waals surface area contributed by atoms with Crippen LogP contribution in [0.2, 0.25) is 0 Å². The van der Waals surface area contributed by atoms with E-state index in [0.717, 1.165) is 39.2 Å². The van der Waals surface area contributed by atoms with Crippen molar-refractivity contribution in [1.82, 2.24) is 5.32 Å². The van der Waals surface area contributed by atoms with Crippen molar-refractivity contribution in [1.29, 1.82) is 0 Å². The molecule has 1 aliphatic heterocycles. The Morgan fingerprint density at radius 3 is 2.69 bits per heavy atom. The summed E-state index contributed by atoms with van der Waals surface area (Å²) in [5.41, 5.74) is 2.94. The molecule has 1 aliphatic rings. The second kappa shape index (κ2) is 7.06. The van der Waals surface area contributed by atoms with Gasteiger partial charge in [0.2, 0.25) is 0 Å².